The van der Waals surface area contributed by atoms with Gasteiger partial charge in [-0.2, -0.15) is 0 Å². The van der Waals surface area contributed by atoms with E-state index in [1.807, 2.05) is 24.3 Å². The van der Waals surface area contributed by atoms with Crippen LogP contribution in [0, 0.1) is 0 Å². The average Bonchev–Trinajstić information content (AvgIpc) is 3.38. The number of likely N-dealkylation sites (tertiary alicyclic amines) is 1. The predicted octanol–water partition coefficient (Wildman–Crippen LogP) is 2.90. The zero-order chi connectivity index (χ0) is 22.0. The van der Waals surface area contributed by atoms with Gasteiger partial charge in [0.2, 0.25) is 5.91 Å². The molecule has 0 bridgehead atoms. The molecule has 2 amide bonds. The molecule has 1 aliphatic heterocycles. The molecule has 7 nitrogen and oxygen atoms in total. The number of amides is 2. The van der Waals surface area contributed by atoms with Crippen LogP contribution in [0.15, 0.2) is 48.5 Å². The molecule has 0 aliphatic carbocycles. The molecule has 1 saturated heterocycles. The van der Waals surface area contributed by atoms with Crippen LogP contribution in [0.1, 0.15) is 22.5 Å². The van der Waals surface area contributed by atoms with Gasteiger partial charge in [-0.1, -0.05) is 24.3 Å². The Hall–Kier alpha value is -3.39. The molecular formula is C23H24FN3O4. The normalized spacial score (nSPS) is 18.4. The van der Waals surface area contributed by atoms with Crippen molar-refractivity contribution in [1.29, 1.82) is 0 Å². The number of hydrogen-bond acceptors (Lipinski definition) is 4. The first-order valence-electron chi connectivity index (χ1n) is 10.1. The van der Waals surface area contributed by atoms with Crippen LogP contribution < -0.4 is 10.1 Å². The van der Waals surface area contributed by atoms with E-state index in [1.54, 1.807) is 24.3 Å². The summed E-state index contributed by atoms with van der Waals surface area (Å²) in [5, 5.41) is 13.1. The molecule has 1 aromatic heterocycles. The van der Waals surface area contributed by atoms with Crippen molar-refractivity contribution in [3.8, 4) is 5.75 Å². The second kappa shape index (κ2) is 8.77. The molecule has 0 spiro atoms. The fourth-order valence-electron chi connectivity index (χ4n) is 3.95. The highest BCUT2D eigenvalue weighted by atomic mass is 19.1. The van der Waals surface area contributed by atoms with E-state index < -0.39 is 12.2 Å². The molecule has 162 valence electrons. The van der Waals surface area contributed by atoms with E-state index in [0.29, 0.717) is 22.7 Å². The van der Waals surface area contributed by atoms with Gasteiger partial charge in [0.25, 0.3) is 5.91 Å². The van der Waals surface area contributed by atoms with Gasteiger partial charge in [0.05, 0.1) is 38.4 Å². The molecule has 0 unspecified atom stereocenters. The van der Waals surface area contributed by atoms with Gasteiger partial charge in [-0.15, -0.1) is 0 Å². The van der Waals surface area contributed by atoms with E-state index in [-0.39, 0.29) is 37.8 Å². The lowest BCUT2D eigenvalue weighted by Crippen LogP contribution is -2.38. The molecule has 3 aromatic rings. The lowest BCUT2D eigenvalue weighted by Gasteiger charge is -2.22. The Balaban J connectivity index is 1.47. The third-order valence-corrected chi connectivity index (χ3v) is 5.54. The number of nitrogens with zero attached hydrogens (tertiary/aromatic N) is 1. The maximum Gasteiger partial charge on any atom is 0.272 e. The molecule has 2 heterocycles. The molecular weight excluding hydrogens is 401 g/mol. The van der Waals surface area contributed by atoms with Crippen molar-refractivity contribution in [2.75, 3.05) is 25.6 Å². The highest BCUT2D eigenvalue weighted by Gasteiger charge is 2.34. The van der Waals surface area contributed by atoms with Gasteiger partial charge >= 0.3 is 0 Å². The fourth-order valence-corrected chi connectivity index (χ4v) is 3.95. The number of carbonyl (C=O) groups excluding carboxylic acids is 2. The number of benzene rings is 2. The Morgan fingerprint density at radius 3 is 2.81 bits per heavy atom. The SMILES string of the molecule is COc1cc(CC(=O)N2C[C@@H](F)C[C@H]2CO)ccc1NC(=O)c1cc2ccccc2[nH]1. The minimum atomic E-state index is -1.11. The second-order valence-electron chi connectivity index (χ2n) is 7.65. The maximum atomic E-state index is 13.6. The number of aromatic nitrogens is 1. The Bertz CT molecular complexity index is 1080. The minimum absolute atomic E-state index is 0.000162. The molecule has 2 atom stereocenters. The third-order valence-electron chi connectivity index (χ3n) is 5.54. The lowest BCUT2D eigenvalue weighted by molar-refractivity contribution is -0.132. The van der Waals surface area contributed by atoms with Gasteiger partial charge in [0.1, 0.15) is 17.6 Å². The van der Waals surface area contributed by atoms with E-state index in [4.69, 9.17) is 4.74 Å². The van der Waals surface area contributed by atoms with Gasteiger partial charge in [0, 0.05) is 17.3 Å². The number of methoxy groups -OCH3 is 1. The van der Waals surface area contributed by atoms with Gasteiger partial charge < -0.3 is 25.0 Å². The monoisotopic (exact) mass is 425 g/mol. The second-order valence-corrected chi connectivity index (χ2v) is 7.65. The summed E-state index contributed by atoms with van der Waals surface area (Å²) < 4.78 is 19.0. The molecule has 2 aromatic carbocycles. The molecule has 0 saturated carbocycles. The number of hydrogen-bond donors (Lipinski definition) is 3. The number of alkyl halides is 1. The number of aliphatic hydroxyl groups excluding tert-OH is 1. The minimum Gasteiger partial charge on any atom is -0.495 e. The van der Waals surface area contributed by atoms with Crippen LogP contribution in [-0.2, 0) is 11.2 Å². The Morgan fingerprint density at radius 2 is 2.06 bits per heavy atom. The number of nitrogens with one attached hydrogen (secondary N) is 2. The zero-order valence-electron chi connectivity index (χ0n) is 17.1. The van der Waals surface area contributed by atoms with E-state index in [1.165, 1.54) is 12.0 Å². The number of aliphatic hydroxyl groups is 1. The number of aromatic amines is 1. The number of para-hydroxylation sites is 1. The molecule has 4 rings (SSSR count). The van der Waals surface area contributed by atoms with E-state index in [9.17, 15) is 19.1 Å². The molecule has 31 heavy (non-hydrogen) atoms. The number of H-pyrrole nitrogens is 1. The van der Waals surface area contributed by atoms with Crippen LogP contribution in [0.5, 0.6) is 5.75 Å². The summed E-state index contributed by atoms with van der Waals surface area (Å²) in [6.45, 7) is -0.256. The first-order valence-corrected chi connectivity index (χ1v) is 10.1. The highest BCUT2D eigenvalue weighted by molar-refractivity contribution is 6.06. The van der Waals surface area contributed by atoms with Crippen LogP contribution >= 0.6 is 0 Å². The topological polar surface area (TPSA) is 94.7 Å². The summed E-state index contributed by atoms with van der Waals surface area (Å²) >= 11 is 0. The van der Waals surface area contributed by atoms with Crippen LogP contribution in [0.4, 0.5) is 10.1 Å². The quantitative estimate of drug-likeness (QED) is 0.566. The van der Waals surface area contributed by atoms with Gasteiger partial charge in [0.15, 0.2) is 0 Å². The lowest BCUT2D eigenvalue weighted by atomic mass is 10.1. The largest absolute Gasteiger partial charge is 0.495 e. The predicted molar refractivity (Wildman–Crippen MR) is 115 cm³/mol. The van der Waals surface area contributed by atoms with Crippen LogP contribution in [0.2, 0.25) is 0 Å². The van der Waals surface area contributed by atoms with Crippen molar-refractivity contribution < 1.29 is 23.8 Å². The Labute approximate surface area is 178 Å². The first-order chi connectivity index (χ1) is 15.0. The van der Waals surface area contributed by atoms with Crippen molar-refractivity contribution >= 4 is 28.4 Å². The number of fused-ring (bicyclic) bond motifs is 1. The zero-order valence-corrected chi connectivity index (χ0v) is 17.1. The summed E-state index contributed by atoms with van der Waals surface area (Å²) in [6.07, 6.45) is -0.905. The highest BCUT2D eigenvalue weighted by Crippen LogP contribution is 2.28. The van der Waals surface area contributed by atoms with E-state index >= 15 is 0 Å². The standard InChI is InChI=1S/C23H24FN3O4/c1-31-21-8-14(9-22(29)27-12-16(24)11-17(27)13-28)6-7-19(21)26-23(30)20-10-15-4-2-3-5-18(15)25-20/h2-8,10,16-17,25,28H,9,11-13H2,1H3,(H,26,30)/t16-,17-/m0/s1. The van der Waals surface area contributed by atoms with Crippen LogP contribution in [-0.4, -0.2) is 59.3 Å². The number of rotatable bonds is 6. The number of carbonyl (C=O) groups is 2. The molecule has 8 heteroatoms. The fraction of sp³-hybridized carbons (Fsp3) is 0.304. The maximum absolute atomic E-state index is 13.6. The summed E-state index contributed by atoms with van der Waals surface area (Å²) in [5.74, 6) is -0.149. The van der Waals surface area contributed by atoms with Crippen molar-refractivity contribution in [3.63, 3.8) is 0 Å². The van der Waals surface area contributed by atoms with Crippen molar-refractivity contribution in [2.24, 2.45) is 0 Å². The van der Waals surface area contributed by atoms with Crippen molar-refractivity contribution in [3.05, 3.63) is 59.8 Å². The smallest absolute Gasteiger partial charge is 0.272 e. The molecule has 0 radical (unpaired) electrons. The van der Waals surface area contributed by atoms with E-state index in [2.05, 4.69) is 10.3 Å². The number of anilines is 1. The number of ether oxygens (including phenoxy) is 1. The first kappa shape index (κ1) is 20.9. The third kappa shape index (κ3) is 4.39. The van der Waals surface area contributed by atoms with Gasteiger partial charge in [-0.05, 0) is 29.8 Å². The molecule has 1 aliphatic rings. The van der Waals surface area contributed by atoms with Crippen molar-refractivity contribution in [1.82, 2.24) is 9.88 Å². The summed E-state index contributed by atoms with van der Waals surface area (Å²) in [5.41, 5.74) is 2.43. The molecule has 3 N–H and O–H groups in total. The average molecular weight is 425 g/mol. The van der Waals surface area contributed by atoms with Crippen LogP contribution in [0.25, 0.3) is 10.9 Å². The Morgan fingerprint density at radius 1 is 1.26 bits per heavy atom. The van der Waals surface area contributed by atoms with Crippen LogP contribution in [0.3, 0.4) is 0 Å². The molecule has 1 fully saturated rings. The Kier molecular flexibility index (Phi) is 5.90. The van der Waals surface area contributed by atoms with Gasteiger partial charge in [-0.3, -0.25) is 9.59 Å². The summed E-state index contributed by atoms with van der Waals surface area (Å²) in [4.78, 5) is 29.7. The van der Waals surface area contributed by atoms with Crippen molar-refractivity contribution in [2.45, 2.75) is 25.1 Å². The summed E-state index contributed by atoms with van der Waals surface area (Å²) in [7, 11) is 1.48. The van der Waals surface area contributed by atoms with Gasteiger partial charge in [-0.25, -0.2) is 4.39 Å². The number of halogens is 1. The van der Waals surface area contributed by atoms with E-state index in [0.717, 1.165) is 10.9 Å². The summed E-state index contributed by atoms with van der Waals surface area (Å²) in [6, 6.07) is 14.0.